The first-order chi connectivity index (χ1) is 12.5. The molecule has 0 saturated heterocycles. The third kappa shape index (κ3) is 2.01. The van der Waals surface area contributed by atoms with Crippen LogP contribution in [-0.4, -0.2) is 4.57 Å². The van der Waals surface area contributed by atoms with Gasteiger partial charge in [-0.05, 0) is 41.5 Å². The third-order valence-corrected chi connectivity index (χ3v) is 6.84. The van der Waals surface area contributed by atoms with Gasteiger partial charge < -0.3 is 4.57 Å². The second kappa shape index (κ2) is 5.31. The van der Waals surface area contributed by atoms with Crippen molar-refractivity contribution in [1.29, 1.82) is 0 Å². The molecular weight excluding hydrogens is 336 g/mol. The Morgan fingerprint density at radius 3 is 2.58 bits per heavy atom. The largest absolute Gasteiger partial charge is 0.350 e. The quantitative estimate of drug-likeness (QED) is 0.198. The van der Waals surface area contributed by atoms with Crippen molar-refractivity contribution in [3.63, 3.8) is 0 Å². The number of aromatic nitrogens is 2. The van der Waals surface area contributed by atoms with Crippen LogP contribution in [0.15, 0.2) is 42.7 Å². The van der Waals surface area contributed by atoms with Gasteiger partial charge in [0.2, 0.25) is 5.52 Å². The van der Waals surface area contributed by atoms with Crippen LogP contribution in [0.3, 0.4) is 0 Å². The summed E-state index contributed by atoms with van der Waals surface area (Å²) in [6.45, 7) is 6.82. The maximum atomic E-state index is 2.40. The van der Waals surface area contributed by atoms with Crippen molar-refractivity contribution in [3.8, 4) is 0 Å². The predicted molar refractivity (Wildman–Crippen MR) is 113 cm³/mol. The summed E-state index contributed by atoms with van der Waals surface area (Å²) in [6.07, 6.45) is 4.37. The van der Waals surface area contributed by atoms with Gasteiger partial charge in [0, 0.05) is 45.5 Å². The molecular formula is C23H23N2S+. The van der Waals surface area contributed by atoms with Crippen LogP contribution < -0.4 is 4.57 Å². The van der Waals surface area contributed by atoms with Crippen LogP contribution in [0, 0.1) is 6.92 Å². The summed E-state index contributed by atoms with van der Waals surface area (Å²) in [5.74, 6) is 0.534. The number of benzene rings is 2. The van der Waals surface area contributed by atoms with Gasteiger partial charge >= 0.3 is 0 Å². The fraction of sp³-hybridized carbons (Fsp3) is 0.261. The lowest BCUT2D eigenvalue weighted by Crippen LogP contribution is -2.24. The van der Waals surface area contributed by atoms with E-state index >= 15 is 0 Å². The second-order valence-corrected chi connectivity index (χ2v) is 8.83. The van der Waals surface area contributed by atoms with Crippen LogP contribution in [-0.2, 0) is 14.1 Å². The number of aryl methyl sites for hydroxylation is 3. The number of pyridine rings is 1. The van der Waals surface area contributed by atoms with Crippen molar-refractivity contribution < 1.29 is 4.57 Å². The molecule has 0 amide bonds. The lowest BCUT2D eigenvalue weighted by Gasteiger charge is -2.17. The molecule has 0 aliphatic rings. The van der Waals surface area contributed by atoms with E-state index in [-0.39, 0.29) is 0 Å². The van der Waals surface area contributed by atoms with Gasteiger partial charge in [0.1, 0.15) is 7.05 Å². The smallest absolute Gasteiger partial charge is 0.214 e. The first-order valence-electron chi connectivity index (χ1n) is 9.19. The molecule has 0 N–H and O–H groups in total. The van der Waals surface area contributed by atoms with E-state index in [1.54, 1.807) is 0 Å². The highest BCUT2D eigenvalue weighted by molar-refractivity contribution is 7.25. The van der Waals surface area contributed by atoms with E-state index in [1.807, 2.05) is 11.3 Å². The minimum atomic E-state index is 0.534. The molecule has 2 aromatic carbocycles. The van der Waals surface area contributed by atoms with Crippen molar-refractivity contribution in [1.82, 2.24) is 4.57 Å². The van der Waals surface area contributed by atoms with E-state index in [0.717, 1.165) is 0 Å². The van der Waals surface area contributed by atoms with E-state index in [1.165, 1.54) is 53.1 Å². The van der Waals surface area contributed by atoms with Crippen LogP contribution >= 0.6 is 11.3 Å². The van der Waals surface area contributed by atoms with Crippen molar-refractivity contribution >= 4 is 53.3 Å². The number of hydrogen-bond acceptors (Lipinski definition) is 1. The molecule has 5 rings (SSSR count). The molecule has 130 valence electrons. The lowest BCUT2D eigenvalue weighted by molar-refractivity contribution is -0.642. The highest BCUT2D eigenvalue weighted by Crippen LogP contribution is 2.41. The molecule has 2 nitrogen and oxygen atoms in total. The first-order valence-corrected chi connectivity index (χ1v) is 10.0. The van der Waals surface area contributed by atoms with Gasteiger partial charge in [-0.3, -0.25) is 0 Å². The summed E-state index contributed by atoms with van der Waals surface area (Å²) in [5.41, 5.74) is 5.46. The molecule has 0 aliphatic heterocycles. The molecule has 0 aliphatic carbocycles. The zero-order chi connectivity index (χ0) is 18.2. The highest BCUT2D eigenvalue weighted by Gasteiger charge is 2.18. The Morgan fingerprint density at radius 1 is 1.04 bits per heavy atom. The summed E-state index contributed by atoms with van der Waals surface area (Å²) >= 11 is 1.93. The normalized spacial score (nSPS) is 12.4. The monoisotopic (exact) mass is 359 g/mol. The molecule has 0 bridgehead atoms. The Labute approximate surface area is 157 Å². The van der Waals surface area contributed by atoms with E-state index in [0.29, 0.717) is 5.92 Å². The fourth-order valence-electron chi connectivity index (χ4n) is 4.25. The molecule has 0 atom stereocenters. The van der Waals surface area contributed by atoms with Gasteiger partial charge in [-0.1, -0.05) is 19.9 Å². The van der Waals surface area contributed by atoms with Crippen LogP contribution in [0.2, 0.25) is 0 Å². The molecule has 0 radical (unpaired) electrons. The maximum Gasteiger partial charge on any atom is 0.214 e. The summed E-state index contributed by atoms with van der Waals surface area (Å²) in [5, 5.41) is 5.50. The fourth-order valence-corrected chi connectivity index (χ4v) is 5.52. The zero-order valence-corrected chi connectivity index (χ0v) is 16.7. The van der Waals surface area contributed by atoms with Gasteiger partial charge in [0.15, 0.2) is 6.20 Å². The van der Waals surface area contributed by atoms with E-state index in [4.69, 9.17) is 0 Å². The van der Waals surface area contributed by atoms with Crippen molar-refractivity contribution in [2.75, 3.05) is 0 Å². The molecule has 26 heavy (non-hydrogen) atoms. The standard InChI is InChI=1S/C23H23N2S/c1-13(2)16-10-15-6-8-25(5)23-21-14(3)17-7-9-24(4)18(17)12-20(21)26-19(11-16)22(15)23/h6-13H,1-5H3/q+1. The van der Waals surface area contributed by atoms with Crippen LogP contribution in [0.4, 0.5) is 0 Å². The Balaban J connectivity index is 2.10. The highest BCUT2D eigenvalue weighted by atomic mass is 32.1. The number of nitrogens with zero attached hydrogens (tertiary/aromatic N) is 2. The van der Waals surface area contributed by atoms with Gasteiger partial charge in [0.05, 0.1) is 10.9 Å². The molecule has 0 spiro atoms. The van der Waals surface area contributed by atoms with Gasteiger partial charge in [-0.15, -0.1) is 11.3 Å². The number of rotatable bonds is 1. The molecule has 0 unspecified atom stereocenters. The molecule has 5 aromatic rings. The van der Waals surface area contributed by atoms with E-state index in [2.05, 4.69) is 86.7 Å². The van der Waals surface area contributed by atoms with E-state index in [9.17, 15) is 0 Å². The van der Waals surface area contributed by atoms with Crippen molar-refractivity contribution in [2.45, 2.75) is 26.7 Å². The molecule has 0 fully saturated rings. The summed E-state index contributed by atoms with van der Waals surface area (Å²) < 4.78 is 7.27. The summed E-state index contributed by atoms with van der Waals surface area (Å²) in [4.78, 5) is 0. The van der Waals surface area contributed by atoms with Gasteiger partial charge in [0.25, 0.3) is 0 Å². The van der Waals surface area contributed by atoms with E-state index < -0.39 is 0 Å². The minimum absolute atomic E-state index is 0.534. The van der Waals surface area contributed by atoms with Crippen LogP contribution in [0.25, 0.3) is 42.0 Å². The van der Waals surface area contributed by atoms with Crippen molar-refractivity contribution in [2.24, 2.45) is 14.1 Å². The molecule has 3 heteroatoms. The Hall–Kier alpha value is -2.39. The Kier molecular flexibility index (Phi) is 3.23. The maximum absolute atomic E-state index is 2.40. The number of fused-ring (bicyclic) bond motifs is 3. The molecule has 3 aromatic heterocycles. The van der Waals surface area contributed by atoms with Gasteiger partial charge in [-0.2, -0.15) is 0 Å². The third-order valence-electron chi connectivity index (χ3n) is 5.76. The average molecular weight is 360 g/mol. The topological polar surface area (TPSA) is 8.81 Å². The minimum Gasteiger partial charge on any atom is -0.350 e. The van der Waals surface area contributed by atoms with Crippen molar-refractivity contribution in [3.05, 3.63) is 53.9 Å². The number of hydrogen-bond donors (Lipinski definition) is 0. The Morgan fingerprint density at radius 2 is 1.81 bits per heavy atom. The molecule has 0 saturated carbocycles. The second-order valence-electron chi connectivity index (χ2n) is 7.75. The summed E-state index contributed by atoms with van der Waals surface area (Å²) in [7, 11) is 4.30. The first kappa shape index (κ1) is 15.8. The molecule has 3 heterocycles. The lowest BCUT2D eigenvalue weighted by atomic mass is 9.97. The van der Waals surface area contributed by atoms with Crippen LogP contribution in [0.5, 0.6) is 0 Å². The predicted octanol–water partition coefficient (Wildman–Crippen LogP) is 5.96. The van der Waals surface area contributed by atoms with Gasteiger partial charge in [-0.25, -0.2) is 4.57 Å². The SMILES string of the molecule is Cc1c2cc[n+](C)c2cc2sc3cc(C(C)C)cc4ccn(C)c(c12)c43. The summed E-state index contributed by atoms with van der Waals surface area (Å²) in [6, 6.07) is 11.6. The van der Waals surface area contributed by atoms with Crippen LogP contribution in [0.1, 0.15) is 30.9 Å². The zero-order valence-electron chi connectivity index (χ0n) is 15.9. The Bertz CT molecular complexity index is 1340. The average Bonchev–Trinajstić information content (AvgIpc) is 2.98.